The first-order valence-electron chi connectivity index (χ1n) is 7.41. The number of benzene rings is 1. The molecular formula is C18H18FN3O. The third-order valence-electron chi connectivity index (χ3n) is 3.82. The minimum atomic E-state index is -0.282. The van der Waals surface area contributed by atoms with Crippen LogP contribution in [0.2, 0.25) is 0 Å². The highest BCUT2D eigenvalue weighted by atomic mass is 19.1. The molecule has 2 aromatic heterocycles. The largest absolute Gasteiger partial charge is 0.336 e. The molecule has 0 N–H and O–H groups in total. The molecule has 1 aromatic carbocycles. The van der Waals surface area contributed by atoms with E-state index in [9.17, 15) is 9.18 Å². The molecule has 0 atom stereocenters. The van der Waals surface area contributed by atoms with Crippen molar-refractivity contribution in [2.75, 3.05) is 7.05 Å². The van der Waals surface area contributed by atoms with E-state index in [0.717, 1.165) is 16.8 Å². The Kier molecular flexibility index (Phi) is 3.86. The summed E-state index contributed by atoms with van der Waals surface area (Å²) >= 11 is 0. The third-order valence-corrected chi connectivity index (χ3v) is 3.82. The smallest absolute Gasteiger partial charge is 0.272 e. The average molecular weight is 311 g/mol. The first-order valence-corrected chi connectivity index (χ1v) is 7.41. The summed E-state index contributed by atoms with van der Waals surface area (Å²) in [7, 11) is 1.74. The van der Waals surface area contributed by atoms with E-state index in [-0.39, 0.29) is 11.7 Å². The van der Waals surface area contributed by atoms with Crippen LogP contribution in [-0.2, 0) is 6.54 Å². The predicted octanol–water partition coefficient (Wildman–Crippen LogP) is 3.36. The van der Waals surface area contributed by atoms with Crippen LogP contribution in [0.4, 0.5) is 4.39 Å². The molecule has 3 aromatic rings. The Morgan fingerprint density at radius 1 is 1.17 bits per heavy atom. The van der Waals surface area contributed by atoms with Crippen LogP contribution >= 0.6 is 0 Å². The topological polar surface area (TPSA) is 37.6 Å². The SMILES string of the molecule is Cc1ccc2nc(C)c(C(=O)N(C)Cc3ccc(F)cc3)n2c1. The van der Waals surface area contributed by atoms with E-state index >= 15 is 0 Å². The van der Waals surface area contributed by atoms with E-state index in [2.05, 4.69) is 4.98 Å². The lowest BCUT2D eigenvalue weighted by molar-refractivity contribution is 0.0777. The average Bonchev–Trinajstić information content (AvgIpc) is 2.84. The maximum absolute atomic E-state index is 13.0. The number of imidazole rings is 1. The second-order valence-electron chi connectivity index (χ2n) is 5.77. The van der Waals surface area contributed by atoms with Crippen LogP contribution in [0, 0.1) is 19.7 Å². The molecule has 0 bridgehead atoms. The molecule has 0 saturated carbocycles. The van der Waals surface area contributed by atoms with Gasteiger partial charge in [0.1, 0.15) is 17.2 Å². The van der Waals surface area contributed by atoms with E-state index in [4.69, 9.17) is 0 Å². The van der Waals surface area contributed by atoms with Gasteiger partial charge in [-0.25, -0.2) is 9.37 Å². The number of aryl methyl sites for hydroxylation is 2. The number of halogens is 1. The lowest BCUT2D eigenvalue weighted by atomic mass is 10.2. The summed E-state index contributed by atoms with van der Waals surface area (Å²) in [4.78, 5) is 18.9. The Morgan fingerprint density at radius 2 is 1.87 bits per heavy atom. The highest BCUT2D eigenvalue weighted by Crippen LogP contribution is 2.16. The van der Waals surface area contributed by atoms with Crippen molar-refractivity contribution < 1.29 is 9.18 Å². The van der Waals surface area contributed by atoms with Gasteiger partial charge in [0.25, 0.3) is 5.91 Å². The molecule has 0 aliphatic carbocycles. The Hall–Kier alpha value is -2.69. The zero-order chi connectivity index (χ0) is 16.6. The van der Waals surface area contributed by atoms with Crippen molar-refractivity contribution in [2.45, 2.75) is 20.4 Å². The van der Waals surface area contributed by atoms with Gasteiger partial charge in [0.05, 0.1) is 5.69 Å². The molecule has 0 spiro atoms. The zero-order valence-corrected chi connectivity index (χ0v) is 13.4. The van der Waals surface area contributed by atoms with Crippen LogP contribution < -0.4 is 0 Å². The van der Waals surface area contributed by atoms with Gasteiger partial charge in [-0.15, -0.1) is 0 Å². The van der Waals surface area contributed by atoms with Gasteiger partial charge in [-0.2, -0.15) is 0 Å². The van der Waals surface area contributed by atoms with E-state index < -0.39 is 0 Å². The summed E-state index contributed by atoms with van der Waals surface area (Å²) in [6, 6.07) is 10.0. The summed E-state index contributed by atoms with van der Waals surface area (Å²) in [5.74, 6) is -0.388. The molecule has 5 heteroatoms. The second-order valence-corrected chi connectivity index (χ2v) is 5.77. The number of aromatic nitrogens is 2. The number of amides is 1. The summed E-state index contributed by atoms with van der Waals surface area (Å²) < 4.78 is 14.8. The minimum absolute atomic E-state index is 0.107. The van der Waals surface area contributed by atoms with Gasteiger partial charge in [0, 0.05) is 19.8 Å². The lowest BCUT2D eigenvalue weighted by Gasteiger charge is -2.17. The van der Waals surface area contributed by atoms with E-state index in [1.165, 1.54) is 12.1 Å². The van der Waals surface area contributed by atoms with Crippen LogP contribution in [-0.4, -0.2) is 27.2 Å². The number of nitrogens with zero attached hydrogens (tertiary/aromatic N) is 3. The molecule has 4 nitrogen and oxygen atoms in total. The molecule has 0 saturated heterocycles. The molecule has 0 aliphatic heterocycles. The molecule has 2 heterocycles. The zero-order valence-electron chi connectivity index (χ0n) is 13.4. The van der Waals surface area contributed by atoms with Crippen molar-refractivity contribution in [1.29, 1.82) is 0 Å². The second kappa shape index (κ2) is 5.83. The fraction of sp³-hybridized carbons (Fsp3) is 0.222. The number of carbonyl (C=O) groups excluding carboxylic acids is 1. The van der Waals surface area contributed by atoms with Gasteiger partial charge in [0.2, 0.25) is 0 Å². The summed E-state index contributed by atoms with van der Waals surface area (Å²) in [6.45, 7) is 4.23. The summed E-state index contributed by atoms with van der Waals surface area (Å²) in [5, 5.41) is 0. The number of pyridine rings is 1. The lowest BCUT2D eigenvalue weighted by Crippen LogP contribution is -2.28. The van der Waals surface area contributed by atoms with Gasteiger partial charge in [-0.05, 0) is 43.2 Å². The van der Waals surface area contributed by atoms with Gasteiger partial charge >= 0.3 is 0 Å². The van der Waals surface area contributed by atoms with Crippen molar-refractivity contribution in [3.63, 3.8) is 0 Å². The Bertz CT molecular complexity index is 868. The number of carbonyl (C=O) groups is 1. The minimum Gasteiger partial charge on any atom is -0.336 e. The molecule has 1 amide bonds. The molecule has 23 heavy (non-hydrogen) atoms. The third kappa shape index (κ3) is 2.95. The fourth-order valence-corrected chi connectivity index (χ4v) is 2.64. The normalized spacial score (nSPS) is 11.0. The van der Waals surface area contributed by atoms with Crippen molar-refractivity contribution >= 4 is 11.6 Å². The van der Waals surface area contributed by atoms with Gasteiger partial charge in [-0.1, -0.05) is 18.2 Å². The molecule has 0 aliphatic rings. The fourth-order valence-electron chi connectivity index (χ4n) is 2.64. The summed E-state index contributed by atoms with van der Waals surface area (Å²) in [5.41, 5.74) is 3.96. The summed E-state index contributed by atoms with van der Waals surface area (Å²) in [6.07, 6.45) is 1.91. The molecule has 0 radical (unpaired) electrons. The van der Waals surface area contributed by atoms with Crippen molar-refractivity contribution in [3.8, 4) is 0 Å². The number of hydrogen-bond donors (Lipinski definition) is 0. The molecular weight excluding hydrogens is 293 g/mol. The maximum atomic E-state index is 13.0. The molecule has 0 unspecified atom stereocenters. The Labute approximate surface area is 134 Å². The quantitative estimate of drug-likeness (QED) is 0.744. The van der Waals surface area contributed by atoms with E-state index in [0.29, 0.717) is 17.9 Å². The highest BCUT2D eigenvalue weighted by molar-refractivity contribution is 5.94. The van der Waals surface area contributed by atoms with Crippen LogP contribution in [0.15, 0.2) is 42.6 Å². The maximum Gasteiger partial charge on any atom is 0.272 e. The first-order chi connectivity index (χ1) is 11.0. The Morgan fingerprint density at radius 3 is 2.57 bits per heavy atom. The molecule has 118 valence electrons. The first kappa shape index (κ1) is 15.2. The van der Waals surface area contributed by atoms with Gasteiger partial charge in [0.15, 0.2) is 0 Å². The Balaban J connectivity index is 1.91. The van der Waals surface area contributed by atoms with Crippen molar-refractivity contribution in [3.05, 3.63) is 70.9 Å². The highest BCUT2D eigenvalue weighted by Gasteiger charge is 2.20. The predicted molar refractivity (Wildman–Crippen MR) is 86.9 cm³/mol. The number of fused-ring (bicyclic) bond motifs is 1. The van der Waals surface area contributed by atoms with Crippen LogP contribution in [0.5, 0.6) is 0 Å². The van der Waals surface area contributed by atoms with Gasteiger partial charge in [-0.3, -0.25) is 9.20 Å². The van der Waals surface area contributed by atoms with Crippen LogP contribution in [0.1, 0.15) is 27.3 Å². The standard InChI is InChI=1S/C18H18FN3O/c1-12-4-9-16-20-13(2)17(22(16)10-12)18(23)21(3)11-14-5-7-15(19)8-6-14/h4-10H,11H2,1-3H3. The van der Waals surface area contributed by atoms with E-state index in [1.807, 2.05) is 36.6 Å². The molecule has 3 rings (SSSR count). The number of hydrogen-bond acceptors (Lipinski definition) is 2. The van der Waals surface area contributed by atoms with Crippen molar-refractivity contribution in [2.24, 2.45) is 0 Å². The van der Waals surface area contributed by atoms with Gasteiger partial charge < -0.3 is 4.90 Å². The van der Waals surface area contributed by atoms with E-state index in [1.54, 1.807) is 24.1 Å². The number of rotatable bonds is 3. The molecule has 0 fully saturated rings. The monoisotopic (exact) mass is 311 g/mol. The van der Waals surface area contributed by atoms with Crippen molar-refractivity contribution in [1.82, 2.24) is 14.3 Å². The van der Waals surface area contributed by atoms with Crippen LogP contribution in [0.3, 0.4) is 0 Å². The van der Waals surface area contributed by atoms with Crippen LogP contribution in [0.25, 0.3) is 5.65 Å².